The molecule has 1 amide bonds. The molecule has 7 rings (SSSR count). The molecule has 5 aliphatic heterocycles. The first-order valence-corrected chi connectivity index (χ1v) is 21.4. The van der Waals surface area contributed by atoms with Crippen molar-refractivity contribution in [3.05, 3.63) is 91.7 Å². The Hall–Kier alpha value is -3.49. The average molecular weight is 839 g/mol. The molecule has 2 bridgehead atoms. The lowest BCUT2D eigenvalue weighted by Crippen LogP contribution is -2.56. The predicted octanol–water partition coefficient (Wildman–Crippen LogP) is 5.18. The Morgan fingerprint density at radius 1 is 0.776 bits per heavy atom. The van der Waals surface area contributed by atoms with E-state index >= 15 is 0 Å². The number of piperidine rings is 1. The van der Waals surface area contributed by atoms with Gasteiger partial charge in [0.1, 0.15) is 0 Å². The van der Waals surface area contributed by atoms with Crippen LogP contribution in [-0.4, -0.2) is 142 Å². The number of benzene rings is 2. The van der Waals surface area contributed by atoms with Crippen LogP contribution in [0.4, 0.5) is 0 Å². The Labute approximate surface area is 352 Å². The molecule has 58 heavy (non-hydrogen) atoms. The van der Waals surface area contributed by atoms with Crippen LogP contribution in [0.1, 0.15) is 61.1 Å². The summed E-state index contributed by atoms with van der Waals surface area (Å²) in [6.07, 6.45) is 5.68. The molecule has 0 spiro atoms. The third-order valence-corrected chi connectivity index (χ3v) is 13.5. The molecule has 314 valence electrons. The standard InChI is InChI=1S/C44H57Cl2N5O7/c1-48-31-12-13-32(48)26-33(25-31)50-15-17-51(18-16-50)38(52)27-37-41(44(54)56-3)42(39-34(45)9-6-10-35(39)46)40(43(53)55-2)36(47-37)14-11-29-7-4-5-8-30(29)28-58-24-21-49-19-22-57-23-20-49/h4-10,31-33,42,47H,11-28H2,1-3H3. The monoisotopic (exact) mass is 837 g/mol. The molecule has 12 nitrogen and oxygen atoms in total. The topological polar surface area (TPSA) is 113 Å². The number of nitrogens with zero attached hydrogens (tertiary/aromatic N) is 4. The predicted molar refractivity (Wildman–Crippen MR) is 222 cm³/mol. The number of allylic oxidation sites excluding steroid dienone is 1. The summed E-state index contributed by atoms with van der Waals surface area (Å²) in [5.74, 6) is -2.52. The molecule has 0 saturated carbocycles. The van der Waals surface area contributed by atoms with E-state index in [1.165, 1.54) is 39.9 Å². The molecule has 3 atom stereocenters. The van der Waals surface area contributed by atoms with E-state index in [9.17, 15) is 14.4 Å². The number of morpholine rings is 1. The van der Waals surface area contributed by atoms with Gasteiger partial charge in [-0.2, -0.15) is 0 Å². The van der Waals surface area contributed by atoms with Crippen molar-refractivity contribution < 1.29 is 33.3 Å². The van der Waals surface area contributed by atoms with Gasteiger partial charge < -0.3 is 34.1 Å². The second-order valence-electron chi connectivity index (χ2n) is 16.0. The summed E-state index contributed by atoms with van der Waals surface area (Å²) in [7, 11) is 4.85. The number of halogens is 2. The van der Waals surface area contributed by atoms with Gasteiger partial charge in [0.2, 0.25) is 5.91 Å². The molecule has 1 N–H and O–H groups in total. The number of rotatable bonds is 14. The molecule has 5 heterocycles. The summed E-state index contributed by atoms with van der Waals surface area (Å²) in [6, 6.07) is 15.0. The number of hydrogen-bond acceptors (Lipinski definition) is 11. The van der Waals surface area contributed by atoms with Crippen molar-refractivity contribution in [2.45, 2.75) is 75.6 Å². The minimum atomic E-state index is -1.06. The van der Waals surface area contributed by atoms with Crippen LogP contribution in [-0.2, 0) is 46.4 Å². The first-order chi connectivity index (χ1) is 28.2. The van der Waals surface area contributed by atoms with Gasteiger partial charge in [-0.15, -0.1) is 0 Å². The number of methoxy groups -OCH3 is 2. The summed E-state index contributed by atoms with van der Waals surface area (Å²) in [4.78, 5) is 51.4. The lowest BCUT2D eigenvalue weighted by Gasteiger charge is -2.45. The molecule has 14 heteroatoms. The number of hydrogen-bond donors (Lipinski definition) is 1. The Morgan fingerprint density at radius 2 is 1.40 bits per heavy atom. The molecular weight excluding hydrogens is 781 g/mol. The van der Waals surface area contributed by atoms with E-state index < -0.39 is 17.9 Å². The molecule has 0 radical (unpaired) electrons. The van der Waals surface area contributed by atoms with Gasteiger partial charge in [0, 0.05) is 90.9 Å². The van der Waals surface area contributed by atoms with Crippen molar-refractivity contribution in [2.75, 3.05) is 86.9 Å². The second-order valence-corrected chi connectivity index (χ2v) is 16.8. The number of aryl methyl sites for hydroxylation is 1. The van der Waals surface area contributed by atoms with Gasteiger partial charge in [-0.05, 0) is 68.8 Å². The Morgan fingerprint density at radius 3 is 2.03 bits per heavy atom. The van der Waals surface area contributed by atoms with E-state index in [0.29, 0.717) is 74.2 Å². The smallest absolute Gasteiger partial charge is 0.336 e. The minimum Gasteiger partial charge on any atom is -0.466 e. The maximum atomic E-state index is 14.3. The molecule has 0 aliphatic carbocycles. The fourth-order valence-electron chi connectivity index (χ4n) is 9.61. The normalized spacial score (nSPS) is 24.5. The largest absolute Gasteiger partial charge is 0.466 e. The van der Waals surface area contributed by atoms with E-state index in [4.69, 9.17) is 42.1 Å². The van der Waals surface area contributed by atoms with Crippen LogP contribution in [0.3, 0.4) is 0 Å². The zero-order chi connectivity index (χ0) is 40.8. The van der Waals surface area contributed by atoms with Crippen molar-refractivity contribution >= 4 is 41.0 Å². The highest BCUT2D eigenvalue weighted by atomic mass is 35.5. The molecule has 4 saturated heterocycles. The molecular formula is C44H57Cl2N5O7. The highest BCUT2D eigenvalue weighted by molar-refractivity contribution is 6.36. The lowest BCUT2D eigenvalue weighted by molar-refractivity contribution is -0.137. The molecule has 5 aliphatic rings. The lowest BCUT2D eigenvalue weighted by atomic mass is 9.78. The number of carbonyl (C=O) groups is 3. The van der Waals surface area contributed by atoms with E-state index in [-0.39, 0.29) is 33.5 Å². The number of ether oxygens (including phenoxy) is 4. The molecule has 0 aromatic heterocycles. The van der Waals surface area contributed by atoms with Crippen LogP contribution in [0.5, 0.6) is 0 Å². The van der Waals surface area contributed by atoms with Gasteiger partial charge in [0.05, 0.1) is 64.1 Å². The highest BCUT2D eigenvalue weighted by Gasteiger charge is 2.43. The first-order valence-electron chi connectivity index (χ1n) is 20.7. The van der Waals surface area contributed by atoms with Crippen LogP contribution in [0.25, 0.3) is 0 Å². The number of esters is 2. The first kappa shape index (κ1) is 42.6. The van der Waals surface area contributed by atoms with Crippen LogP contribution in [0.2, 0.25) is 10.0 Å². The molecule has 2 aromatic rings. The SMILES string of the molecule is COC(=O)C1=C(CCc2ccccc2COCCN2CCOCC2)NC(CC(=O)N2CCN(C3CC4CCC(C3)N4C)CC2)=C(C(=O)OC)C1c1c(Cl)cccc1Cl. The van der Waals surface area contributed by atoms with E-state index in [2.05, 4.69) is 39.2 Å². The zero-order valence-electron chi connectivity index (χ0n) is 34.0. The third-order valence-electron chi connectivity index (χ3n) is 12.9. The summed E-state index contributed by atoms with van der Waals surface area (Å²) < 4.78 is 22.4. The second kappa shape index (κ2) is 19.7. The van der Waals surface area contributed by atoms with E-state index in [1.54, 1.807) is 18.2 Å². The highest BCUT2D eigenvalue weighted by Crippen LogP contribution is 2.46. The summed E-state index contributed by atoms with van der Waals surface area (Å²) >= 11 is 13.7. The molecule has 4 fully saturated rings. The fourth-order valence-corrected chi connectivity index (χ4v) is 10.2. The van der Waals surface area contributed by atoms with Crippen molar-refractivity contribution in [1.29, 1.82) is 0 Å². The Kier molecular flexibility index (Phi) is 14.5. The number of nitrogens with one attached hydrogen (secondary N) is 1. The fraction of sp³-hybridized carbons (Fsp3) is 0.568. The van der Waals surface area contributed by atoms with Crippen molar-refractivity contribution in [2.24, 2.45) is 0 Å². The molecule has 3 unspecified atom stereocenters. The van der Waals surface area contributed by atoms with Crippen molar-refractivity contribution in [3.8, 4) is 0 Å². The minimum absolute atomic E-state index is 0.101. The summed E-state index contributed by atoms with van der Waals surface area (Å²) in [5.41, 5.74) is 3.63. The number of fused-ring (bicyclic) bond motifs is 2. The quantitative estimate of drug-likeness (QED) is 0.201. The maximum absolute atomic E-state index is 14.3. The maximum Gasteiger partial charge on any atom is 0.336 e. The van der Waals surface area contributed by atoms with E-state index in [1.807, 2.05) is 17.0 Å². The van der Waals surface area contributed by atoms with Gasteiger partial charge in [-0.1, -0.05) is 53.5 Å². The van der Waals surface area contributed by atoms with Crippen LogP contribution in [0, 0.1) is 0 Å². The number of amides is 1. The van der Waals surface area contributed by atoms with Gasteiger partial charge in [0.25, 0.3) is 0 Å². The van der Waals surface area contributed by atoms with Gasteiger partial charge in [-0.3, -0.25) is 14.6 Å². The molecule has 2 aromatic carbocycles. The van der Waals surface area contributed by atoms with Crippen LogP contribution in [0.15, 0.2) is 65.0 Å². The van der Waals surface area contributed by atoms with Gasteiger partial charge in [0.15, 0.2) is 0 Å². The van der Waals surface area contributed by atoms with Crippen LogP contribution >= 0.6 is 23.2 Å². The zero-order valence-corrected chi connectivity index (χ0v) is 35.5. The van der Waals surface area contributed by atoms with Crippen molar-refractivity contribution in [3.63, 3.8) is 0 Å². The summed E-state index contributed by atoms with van der Waals surface area (Å²) in [6.45, 7) is 7.98. The van der Waals surface area contributed by atoms with Gasteiger partial charge in [-0.25, -0.2) is 9.59 Å². The average Bonchev–Trinajstić information content (AvgIpc) is 3.42. The van der Waals surface area contributed by atoms with Gasteiger partial charge >= 0.3 is 11.9 Å². The van der Waals surface area contributed by atoms with Crippen molar-refractivity contribution in [1.82, 2.24) is 24.9 Å². The van der Waals surface area contributed by atoms with E-state index in [0.717, 1.165) is 57.1 Å². The Bertz CT molecular complexity index is 1840. The Balaban J connectivity index is 1.13. The third kappa shape index (κ3) is 9.59. The van der Waals surface area contributed by atoms with Crippen LogP contribution < -0.4 is 5.32 Å². The number of carbonyl (C=O) groups excluding carboxylic acids is 3. The number of piperazine rings is 1. The summed E-state index contributed by atoms with van der Waals surface area (Å²) in [5, 5.41) is 3.95. The number of dihydropyridines is 1.